The normalized spacial score (nSPS) is 10.4. The van der Waals surface area contributed by atoms with Gasteiger partial charge in [0.25, 0.3) is 0 Å². The maximum Gasteiger partial charge on any atom is 0.345 e. The summed E-state index contributed by atoms with van der Waals surface area (Å²) in [6, 6.07) is 12.0. The van der Waals surface area contributed by atoms with Crippen molar-refractivity contribution in [3.8, 4) is 17.4 Å². The molecular formula is C14H10FN5O2. The van der Waals surface area contributed by atoms with E-state index in [9.17, 15) is 9.18 Å². The lowest BCUT2D eigenvalue weighted by atomic mass is 10.2. The summed E-state index contributed by atoms with van der Waals surface area (Å²) in [5.41, 5.74) is 6.15. The number of ether oxygens (including phenoxy) is 1. The lowest BCUT2D eigenvalue weighted by Crippen LogP contribution is -2.10. The summed E-state index contributed by atoms with van der Waals surface area (Å²) in [5.74, 6) is -0.494. The van der Waals surface area contributed by atoms with E-state index in [2.05, 4.69) is 15.5 Å². The molecule has 3 aromatic rings. The molecule has 3 rings (SSSR count). The van der Waals surface area contributed by atoms with Crippen LogP contribution in [0, 0.1) is 5.82 Å². The van der Waals surface area contributed by atoms with Crippen molar-refractivity contribution >= 4 is 5.91 Å². The van der Waals surface area contributed by atoms with Crippen LogP contribution >= 0.6 is 0 Å². The van der Waals surface area contributed by atoms with E-state index in [-0.39, 0.29) is 11.8 Å². The van der Waals surface area contributed by atoms with Gasteiger partial charge in [-0.15, -0.1) is 0 Å². The van der Waals surface area contributed by atoms with Gasteiger partial charge in [0.05, 0.1) is 5.69 Å². The van der Waals surface area contributed by atoms with Crippen LogP contribution in [0.1, 0.15) is 10.4 Å². The van der Waals surface area contributed by atoms with Gasteiger partial charge in [-0.2, -0.15) is 4.68 Å². The largest absolute Gasteiger partial charge is 0.423 e. The quantitative estimate of drug-likeness (QED) is 0.791. The van der Waals surface area contributed by atoms with Gasteiger partial charge in [0.15, 0.2) is 0 Å². The Labute approximate surface area is 124 Å². The van der Waals surface area contributed by atoms with Crippen molar-refractivity contribution in [1.82, 2.24) is 20.2 Å². The summed E-state index contributed by atoms with van der Waals surface area (Å²) >= 11 is 0. The molecule has 110 valence electrons. The molecule has 0 bridgehead atoms. The Morgan fingerprint density at radius 2 is 1.77 bits per heavy atom. The number of tetrazole rings is 1. The first-order chi connectivity index (χ1) is 10.6. The van der Waals surface area contributed by atoms with Gasteiger partial charge in [0.1, 0.15) is 11.6 Å². The number of benzene rings is 2. The Hall–Kier alpha value is -3.29. The molecule has 0 radical (unpaired) electrons. The van der Waals surface area contributed by atoms with Gasteiger partial charge >= 0.3 is 6.01 Å². The van der Waals surface area contributed by atoms with Gasteiger partial charge in [-0.3, -0.25) is 4.79 Å². The predicted molar refractivity (Wildman–Crippen MR) is 74.1 cm³/mol. The fourth-order valence-corrected chi connectivity index (χ4v) is 1.78. The van der Waals surface area contributed by atoms with E-state index in [0.29, 0.717) is 17.0 Å². The number of carbonyl (C=O) groups excluding carboxylic acids is 1. The van der Waals surface area contributed by atoms with Crippen LogP contribution in [0.3, 0.4) is 0 Å². The van der Waals surface area contributed by atoms with Crippen molar-refractivity contribution in [3.63, 3.8) is 0 Å². The summed E-state index contributed by atoms with van der Waals surface area (Å²) in [6.07, 6.45) is 0. The molecule has 0 atom stereocenters. The van der Waals surface area contributed by atoms with Crippen LogP contribution in [0.2, 0.25) is 0 Å². The van der Waals surface area contributed by atoms with E-state index < -0.39 is 5.91 Å². The smallest absolute Gasteiger partial charge is 0.345 e. The third-order valence-electron chi connectivity index (χ3n) is 2.86. The van der Waals surface area contributed by atoms with E-state index in [1.54, 1.807) is 24.3 Å². The predicted octanol–water partition coefficient (Wildman–Crippen LogP) is 1.69. The highest BCUT2D eigenvalue weighted by Gasteiger charge is 2.11. The highest BCUT2D eigenvalue weighted by Crippen LogP contribution is 2.21. The number of carbonyl (C=O) groups is 1. The van der Waals surface area contributed by atoms with E-state index in [1.807, 2.05) is 0 Å². The summed E-state index contributed by atoms with van der Waals surface area (Å²) in [6.45, 7) is 0. The van der Waals surface area contributed by atoms with Crippen LogP contribution in [0.5, 0.6) is 11.8 Å². The van der Waals surface area contributed by atoms with Gasteiger partial charge in [0, 0.05) is 5.56 Å². The second kappa shape index (κ2) is 5.60. The van der Waals surface area contributed by atoms with Crippen molar-refractivity contribution in [3.05, 3.63) is 59.9 Å². The molecule has 1 heterocycles. The van der Waals surface area contributed by atoms with Crippen LogP contribution in [0.15, 0.2) is 48.5 Å². The molecule has 0 aliphatic rings. The van der Waals surface area contributed by atoms with Crippen molar-refractivity contribution in [2.45, 2.75) is 0 Å². The minimum Gasteiger partial charge on any atom is -0.423 e. The number of amides is 1. The highest BCUT2D eigenvalue weighted by molar-refractivity contribution is 5.92. The highest BCUT2D eigenvalue weighted by atomic mass is 19.1. The van der Waals surface area contributed by atoms with Crippen molar-refractivity contribution < 1.29 is 13.9 Å². The van der Waals surface area contributed by atoms with Gasteiger partial charge in [0.2, 0.25) is 5.91 Å². The maximum absolute atomic E-state index is 12.9. The Kier molecular flexibility index (Phi) is 3.48. The van der Waals surface area contributed by atoms with Gasteiger partial charge in [-0.25, -0.2) is 4.39 Å². The van der Waals surface area contributed by atoms with Crippen molar-refractivity contribution in [1.29, 1.82) is 0 Å². The zero-order chi connectivity index (χ0) is 15.5. The monoisotopic (exact) mass is 299 g/mol. The minimum atomic E-state index is -0.522. The summed E-state index contributed by atoms with van der Waals surface area (Å²) in [4.78, 5) is 11.1. The van der Waals surface area contributed by atoms with E-state index >= 15 is 0 Å². The van der Waals surface area contributed by atoms with E-state index in [4.69, 9.17) is 10.5 Å². The molecular weight excluding hydrogens is 289 g/mol. The van der Waals surface area contributed by atoms with Crippen LogP contribution < -0.4 is 10.5 Å². The second-order valence-corrected chi connectivity index (χ2v) is 4.34. The van der Waals surface area contributed by atoms with Gasteiger partial charge in [-0.1, -0.05) is 5.10 Å². The molecule has 0 unspecified atom stereocenters. The van der Waals surface area contributed by atoms with Gasteiger partial charge < -0.3 is 10.5 Å². The van der Waals surface area contributed by atoms with Gasteiger partial charge in [-0.05, 0) is 59.0 Å². The zero-order valence-electron chi connectivity index (χ0n) is 11.2. The molecule has 22 heavy (non-hydrogen) atoms. The Bertz CT molecular complexity index is 799. The fraction of sp³-hybridized carbons (Fsp3) is 0. The Morgan fingerprint density at radius 1 is 1.09 bits per heavy atom. The minimum absolute atomic E-state index is 0.110. The average Bonchev–Trinajstić information content (AvgIpc) is 2.98. The summed E-state index contributed by atoms with van der Waals surface area (Å²) in [5, 5.41) is 11.1. The van der Waals surface area contributed by atoms with Crippen LogP contribution in [0.25, 0.3) is 5.69 Å². The molecule has 0 saturated carbocycles. The zero-order valence-corrected chi connectivity index (χ0v) is 11.2. The molecule has 0 aliphatic carbocycles. The van der Waals surface area contributed by atoms with Crippen LogP contribution in [-0.2, 0) is 0 Å². The first-order valence-electron chi connectivity index (χ1n) is 6.25. The number of aromatic nitrogens is 4. The number of hydrogen-bond acceptors (Lipinski definition) is 5. The lowest BCUT2D eigenvalue weighted by Gasteiger charge is -2.06. The average molecular weight is 299 g/mol. The number of nitrogens with two attached hydrogens (primary N) is 1. The molecule has 1 aromatic heterocycles. The molecule has 8 heteroatoms. The molecule has 2 N–H and O–H groups in total. The third kappa shape index (κ3) is 2.75. The first kappa shape index (κ1) is 13.7. The molecule has 7 nitrogen and oxygen atoms in total. The Morgan fingerprint density at radius 3 is 2.41 bits per heavy atom. The van der Waals surface area contributed by atoms with E-state index in [0.717, 1.165) is 0 Å². The number of primary amides is 1. The molecule has 0 fully saturated rings. The molecule has 2 aromatic carbocycles. The van der Waals surface area contributed by atoms with Crippen LogP contribution in [0.4, 0.5) is 4.39 Å². The topological polar surface area (TPSA) is 95.9 Å². The first-order valence-corrected chi connectivity index (χ1v) is 6.25. The lowest BCUT2D eigenvalue weighted by molar-refractivity contribution is 0.100. The third-order valence-corrected chi connectivity index (χ3v) is 2.86. The SMILES string of the molecule is NC(=O)c1ccc(-n2nnnc2Oc2ccc(F)cc2)cc1. The molecule has 0 saturated heterocycles. The number of nitrogens with zero attached hydrogens (tertiary/aromatic N) is 4. The Balaban J connectivity index is 1.88. The molecule has 0 spiro atoms. The van der Waals surface area contributed by atoms with Crippen LogP contribution in [-0.4, -0.2) is 26.1 Å². The second-order valence-electron chi connectivity index (χ2n) is 4.34. The summed E-state index contributed by atoms with van der Waals surface area (Å²) < 4.78 is 19.7. The summed E-state index contributed by atoms with van der Waals surface area (Å²) in [7, 11) is 0. The van der Waals surface area contributed by atoms with Crippen molar-refractivity contribution in [2.24, 2.45) is 5.73 Å². The fourth-order valence-electron chi connectivity index (χ4n) is 1.78. The molecule has 1 amide bonds. The number of hydrogen-bond donors (Lipinski definition) is 1. The molecule has 0 aliphatic heterocycles. The maximum atomic E-state index is 12.9. The van der Waals surface area contributed by atoms with E-state index in [1.165, 1.54) is 28.9 Å². The number of rotatable bonds is 4. The number of halogens is 1. The van der Waals surface area contributed by atoms with Crippen molar-refractivity contribution in [2.75, 3.05) is 0 Å². The standard InChI is InChI=1S/C14H10FN5O2/c15-10-3-7-12(8-4-10)22-14-17-18-19-20(14)11-5-1-9(2-6-11)13(16)21/h1-8H,(H2,16,21).